The van der Waals surface area contributed by atoms with Crippen LogP contribution in [0.5, 0.6) is 0 Å². The van der Waals surface area contributed by atoms with Gasteiger partial charge in [0.2, 0.25) is 0 Å². The lowest BCUT2D eigenvalue weighted by Gasteiger charge is -2.49. The van der Waals surface area contributed by atoms with Crippen molar-refractivity contribution in [3.63, 3.8) is 0 Å². The van der Waals surface area contributed by atoms with E-state index in [2.05, 4.69) is 62.3 Å². The van der Waals surface area contributed by atoms with Gasteiger partial charge in [-0.2, -0.15) is 0 Å². The van der Waals surface area contributed by atoms with Crippen LogP contribution in [0.3, 0.4) is 0 Å². The van der Waals surface area contributed by atoms with Crippen molar-refractivity contribution in [1.29, 1.82) is 0 Å². The van der Waals surface area contributed by atoms with Crippen LogP contribution < -0.4 is 0 Å². The number of hydrogen-bond acceptors (Lipinski definition) is 3. The lowest BCUT2D eigenvalue weighted by atomic mass is 9.70. The summed E-state index contributed by atoms with van der Waals surface area (Å²) >= 11 is 0. The largest absolute Gasteiger partial charge is 0.393 e. The molecule has 194 valence electrons. The highest BCUT2D eigenvalue weighted by molar-refractivity contribution is 4.94. The summed E-state index contributed by atoms with van der Waals surface area (Å²) in [6.45, 7) is 21.1. The van der Waals surface area contributed by atoms with E-state index in [-0.39, 0.29) is 24.2 Å². The average molecular weight is 465 g/mol. The van der Waals surface area contributed by atoms with Crippen LogP contribution in [-0.4, -0.2) is 35.6 Å². The van der Waals surface area contributed by atoms with Crippen molar-refractivity contribution >= 4 is 0 Å². The van der Waals surface area contributed by atoms with Gasteiger partial charge in [0.15, 0.2) is 0 Å². The molecule has 0 radical (unpaired) electrons. The Hall–Kier alpha value is -0.120. The Morgan fingerprint density at radius 1 is 0.545 bits per heavy atom. The molecule has 3 heteroatoms. The summed E-state index contributed by atoms with van der Waals surface area (Å²) in [5, 5.41) is 10.9. The van der Waals surface area contributed by atoms with Gasteiger partial charge in [-0.05, 0) is 80.0 Å². The van der Waals surface area contributed by atoms with Gasteiger partial charge >= 0.3 is 0 Å². The quantitative estimate of drug-likeness (QED) is 0.428. The third kappa shape index (κ3) is 6.76. The molecule has 3 aliphatic carbocycles. The molecule has 0 saturated heterocycles. The molecule has 3 saturated carbocycles. The van der Waals surface area contributed by atoms with Crippen molar-refractivity contribution < 1.29 is 14.6 Å². The minimum absolute atomic E-state index is 0.166. The zero-order valence-corrected chi connectivity index (χ0v) is 23.3. The molecule has 0 aliphatic heterocycles. The van der Waals surface area contributed by atoms with E-state index in [0.717, 1.165) is 31.6 Å². The lowest BCUT2D eigenvalue weighted by Crippen LogP contribution is -2.51. The number of aliphatic hydroxyl groups is 1. The maximum absolute atomic E-state index is 10.9. The molecular formula is C30H56O3. The van der Waals surface area contributed by atoms with Gasteiger partial charge < -0.3 is 14.6 Å². The maximum Gasteiger partial charge on any atom is 0.0637 e. The summed E-state index contributed by atoms with van der Waals surface area (Å²) in [6, 6.07) is 0. The molecule has 0 heterocycles. The molecule has 0 bridgehead atoms. The molecule has 11 atom stereocenters. The van der Waals surface area contributed by atoms with Gasteiger partial charge in [-0.25, -0.2) is 0 Å². The molecule has 0 aromatic rings. The molecule has 1 N–H and O–H groups in total. The minimum atomic E-state index is -0.236. The Kier molecular flexibility index (Phi) is 9.77. The monoisotopic (exact) mass is 464 g/mol. The molecule has 0 spiro atoms. The van der Waals surface area contributed by atoms with Crippen LogP contribution in [0.25, 0.3) is 0 Å². The first-order chi connectivity index (χ1) is 15.5. The predicted molar refractivity (Wildman–Crippen MR) is 138 cm³/mol. The first-order valence-electron chi connectivity index (χ1n) is 14.5. The molecule has 0 aromatic heterocycles. The fourth-order valence-corrected chi connectivity index (χ4v) is 7.80. The molecule has 3 fully saturated rings. The van der Waals surface area contributed by atoms with E-state index in [1.54, 1.807) is 0 Å². The van der Waals surface area contributed by atoms with Gasteiger partial charge in [0.25, 0.3) is 0 Å². The zero-order chi connectivity index (χ0) is 24.4. The van der Waals surface area contributed by atoms with E-state index < -0.39 is 0 Å². The average Bonchev–Trinajstić information content (AvgIpc) is 2.66. The molecule has 3 aliphatic rings. The van der Waals surface area contributed by atoms with Crippen molar-refractivity contribution in [2.24, 2.45) is 53.3 Å². The topological polar surface area (TPSA) is 38.7 Å². The van der Waals surface area contributed by atoms with Crippen molar-refractivity contribution in [3.8, 4) is 0 Å². The lowest BCUT2D eigenvalue weighted by molar-refractivity contribution is -0.194. The Morgan fingerprint density at radius 2 is 1.00 bits per heavy atom. The molecule has 33 heavy (non-hydrogen) atoms. The SMILES string of the molecule is CC(C)[C@H]1C(O[C@@H]2C[C@H](C)CC(O[C@H]3C[C@H](C)CC[C@@H]3C(C)C)[C@H]2C(C)C)C[C@H](C)C[C@@H]1O. The van der Waals surface area contributed by atoms with Crippen molar-refractivity contribution in [3.05, 3.63) is 0 Å². The van der Waals surface area contributed by atoms with E-state index >= 15 is 0 Å². The van der Waals surface area contributed by atoms with Crippen LogP contribution in [-0.2, 0) is 9.47 Å². The summed E-state index contributed by atoms with van der Waals surface area (Å²) < 4.78 is 14.2. The Labute approximate surface area is 205 Å². The van der Waals surface area contributed by atoms with Gasteiger partial charge in [0.05, 0.1) is 30.5 Å². The smallest absolute Gasteiger partial charge is 0.0637 e. The molecule has 0 amide bonds. The van der Waals surface area contributed by atoms with Crippen LogP contribution in [0.15, 0.2) is 0 Å². The fraction of sp³-hybridized carbons (Fsp3) is 1.00. The van der Waals surface area contributed by atoms with Crippen molar-refractivity contribution in [2.75, 3.05) is 0 Å². The predicted octanol–water partition coefficient (Wildman–Crippen LogP) is 7.35. The van der Waals surface area contributed by atoms with E-state index in [1.165, 1.54) is 19.3 Å². The van der Waals surface area contributed by atoms with Crippen molar-refractivity contribution in [1.82, 2.24) is 0 Å². The summed E-state index contributed by atoms with van der Waals surface area (Å²) in [6.07, 6.45) is 9.01. The third-order valence-corrected chi connectivity index (χ3v) is 9.48. The highest BCUT2D eigenvalue weighted by Crippen LogP contribution is 2.44. The van der Waals surface area contributed by atoms with Gasteiger partial charge in [-0.3, -0.25) is 0 Å². The van der Waals surface area contributed by atoms with Crippen LogP contribution in [0, 0.1) is 53.3 Å². The Morgan fingerprint density at radius 3 is 1.52 bits per heavy atom. The van der Waals surface area contributed by atoms with E-state index in [0.29, 0.717) is 53.6 Å². The molecular weight excluding hydrogens is 408 g/mol. The summed E-state index contributed by atoms with van der Waals surface area (Å²) in [5.41, 5.74) is 0. The fourth-order valence-electron chi connectivity index (χ4n) is 7.80. The summed E-state index contributed by atoms with van der Waals surface area (Å²) in [4.78, 5) is 0. The van der Waals surface area contributed by atoms with Crippen LogP contribution in [0.4, 0.5) is 0 Å². The normalized spacial score (nSPS) is 45.2. The molecule has 3 rings (SSSR count). The molecule has 2 unspecified atom stereocenters. The Bertz CT molecular complexity index is 587. The Balaban J connectivity index is 1.79. The second-order valence-corrected chi connectivity index (χ2v) is 13.6. The van der Waals surface area contributed by atoms with E-state index in [9.17, 15) is 5.11 Å². The van der Waals surface area contributed by atoms with E-state index in [4.69, 9.17) is 9.47 Å². The van der Waals surface area contributed by atoms with Crippen LogP contribution in [0.1, 0.15) is 107 Å². The standard InChI is InChI=1S/C30H56O3/c1-17(2)23-11-10-20(7)13-25(23)32-27-15-22(9)16-28(30(27)19(5)6)33-26-14-21(8)12-24(31)29(26)18(3)4/h17-31H,10-16H2,1-9H3/t20-,21-,22-,23-,24+,25+,26?,27?,28-,29-,30-/m1/s1. The third-order valence-electron chi connectivity index (χ3n) is 9.48. The first-order valence-corrected chi connectivity index (χ1v) is 14.5. The van der Waals surface area contributed by atoms with Gasteiger partial charge in [-0.15, -0.1) is 0 Å². The molecule has 0 aromatic carbocycles. The first kappa shape index (κ1) is 27.5. The van der Waals surface area contributed by atoms with Crippen molar-refractivity contribution in [2.45, 2.75) is 138 Å². The second-order valence-electron chi connectivity index (χ2n) is 13.6. The number of ether oxygens (including phenoxy) is 2. The van der Waals surface area contributed by atoms with Gasteiger partial charge in [0.1, 0.15) is 0 Å². The zero-order valence-electron chi connectivity index (χ0n) is 23.3. The summed E-state index contributed by atoms with van der Waals surface area (Å²) in [5.74, 6) is 4.96. The highest BCUT2D eigenvalue weighted by atomic mass is 16.5. The number of aliphatic hydroxyl groups excluding tert-OH is 1. The van der Waals surface area contributed by atoms with Crippen LogP contribution >= 0.6 is 0 Å². The number of hydrogen-bond donors (Lipinski definition) is 1. The minimum Gasteiger partial charge on any atom is -0.393 e. The second kappa shape index (κ2) is 11.7. The van der Waals surface area contributed by atoms with Gasteiger partial charge in [0, 0.05) is 11.8 Å². The maximum atomic E-state index is 10.9. The van der Waals surface area contributed by atoms with Gasteiger partial charge in [-0.1, -0.05) is 68.7 Å². The van der Waals surface area contributed by atoms with Crippen LogP contribution in [0.2, 0.25) is 0 Å². The highest BCUT2D eigenvalue weighted by Gasteiger charge is 2.46. The molecule has 3 nitrogen and oxygen atoms in total. The van der Waals surface area contributed by atoms with E-state index in [1.807, 2.05) is 0 Å². The number of rotatable bonds is 7. The summed E-state index contributed by atoms with van der Waals surface area (Å²) in [7, 11) is 0.